The molecule has 8 heteroatoms. The lowest BCUT2D eigenvalue weighted by Gasteiger charge is -2.09. The van der Waals surface area contributed by atoms with Crippen molar-refractivity contribution in [3.05, 3.63) is 51.2 Å². The van der Waals surface area contributed by atoms with E-state index in [0.29, 0.717) is 5.69 Å². The maximum atomic E-state index is 12.0. The molecule has 0 aliphatic rings. The number of nitrogens with one attached hydrogen (secondary N) is 1. The molecule has 0 radical (unpaired) electrons. The van der Waals surface area contributed by atoms with Crippen molar-refractivity contribution in [3.63, 3.8) is 0 Å². The summed E-state index contributed by atoms with van der Waals surface area (Å²) in [4.78, 5) is 24.7. The molecule has 0 saturated heterocycles. The number of hydrogen-bond acceptors (Lipinski definition) is 4. The van der Waals surface area contributed by atoms with Gasteiger partial charge in [-0.25, -0.2) is 9.36 Å². The van der Waals surface area contributed by atoms with Crippen LogP contribution in [0.15, 0.2) is 39.9 Å². The average Bonchev–Trinajstić information content (AvgIpc) is 2.29. The number of nitrogens with zero attached hydrogens (tertiary/aromatic N) is 1. The lowest BCUT2D eigenvalue weighted by Crippen LogP contribution is -2.30. The van der Waals surface area contributed by atoms with E-state index in [9.17, 15) is 18.4 Å². The zero-order valence-corrected chi connectivity index (χ0v) is 9.47. The first-order valence-corrected chi connectivity index (χ1v) is 5.14. The molecule has 0 aliphatic heterocycles. The first-order valence-electron chi connectivity index (χ1n) is 5.14. The minimum absolute atomic E-state index is 0.0465. The van der Waals surface area contributed by atoms with E-state index in [1.165, 1.54) is 24.3 Å². The van der Waals surface area contributed by atoms with Crippen molar-refractivity contribution < 1.29 is 13.5 Å². The van der Waals surface area contributed by atoms with E-state index in [1.807, 2.05) is 4.98 Å². The predicted octanol–water partition coefficient (Wildman–Crippen LogP) is 0.709. The van der Waals surface area contributed by atoms with Crippen LogP contribution >= 0.6 is 0 Å². The smallest absolute Gasteiger partial charge is 0.387 e. The largest absolute Gasteiger partial charge is 0.435 e. The molecule has 100 valence electrons. The first kappa shape index (κ1) is 12.8. The van der Waals surface area contributed by atoms with Crippen molar-refractivity contribution in [1.29, 1.82) is 0 Å². The van der Waals surface area contributed by atoms with Crippen molar-refractivity contribution in [1.82, 2.24) is 9.55 Å². The number of hydrogen-bond donors (Lipinski definition) is 2. The van der Waals surface area contributed by atoms with Crippen LogP contribution in [0.25, 0.3) is 5.69 Å². The van der Waals surface area contributed by atoms with Crippen LogP contribution < -0.4 is 21.7 Å². The third-order valence-electron chi connectivity index (χ3n) is 2.29. The van der Waals surface area contributed by atoms with Crippen molar-refractivity contribution in [2.75, 3.05) is 5.73 Å². The van der Waals surface area contributed by atoms with Crippen LogP contribution in [0.4, 0.5) is 14.6 Å². The Morgan fingerprint density at radius 1 is 1.21 bits per heavy atom. The van der Waals surface area contributed by atoms with Crippen LogP contribution in [-0.4, -0.2) is 16.2 Å². The van der Waals surface area contributed by atoms with Gasteiger partial charge in [-0.05, 0) is 24.3 Å². The first-order chi connectivity index (χ1) is 8.97. The molecule has 0 spiro atoms. The summed E-state index contributed by atoms with van der Waals surface area (Å²) in [5.74, 6) is -0.105. The van der Waals surface area contributed by atoms with Gasteiger partial charge in [0.2, 0.25) is 0 Å². The summed E-state index contributed by atoms with van der Waals surface area (Å²) in [6, 6.07) is 6.31. The summed E-state index contributed by atoms with van der Waals surface area (Å²) in [5, 5.41) is 0. The number of aromatic nitrogens is 2. The highest BCUT2D eigenvalue weighted by Gasteiger charge is 2.07. The number of alkyl halides is 2. The van der Waals surface area contributed by atoms with Crippen molar-refractivity contribution in [2.45, 2.75) is 6.61 Å². The molecule has 1 aromatic heterocycles. The number of nitrogen functional groups attached to an aromatic ring is 1. The Morgan fingerprint density at radius 2 is 1.84 bits per heavy atom. The zero-order valence-electron chi connectivity index (χ0n) is 9.47. The molecule has 3 N–H and O–H groups in total. The van der Waals surface area contributed by atoms with Crippen molar-refractivity contribution >= 4 is 5.82 Å². The minimum atomic E-state index is -2.92. The maximum Gasteiger partial charge on any atom is 0.387 e. The Balaban J connectivity index is 2.43. The fraction of sp³-hybridized carbons (Fsp3) is 0.0909. The molecule has 19 heavy (non-hydrogen) atoms. The number of nitrogens with two attached hydrogens (primary N) is 1. The lowest BCUT2D eigenvalue weighted by molar-refractivity contribution is -0.0498. The minimum Gasteiger partial charge on any atom is -0.435 e. The number of ether oxygens (including phenoxy) is 1. The van der Waals surface area contributed by atoms with Gasteiger partial charge in [0.05, 0.1) is 5.69 Å². The molecular formula is C11H9F2N3O3. The highest BCUT2D eigenvalue weighted by molar-refractivity contribution is 5.43. The average molecular weight is 269 g/mol. The summed E-state index contributed by atoms with van der Waals surface area (Å²) >= 11 is 0. The fourth-order valence-electron chi connectivity index (χ4n) is 1.56. The summed E-state index contributed by atoms with van der Waals surface area (Å²) < 4.78 is 29.2. The molecule has 1 heterocycles. The van der Waals surface area contributed by atoms with Crippen molar-refractivity contribution in [2.24, 2.45) is 0 Å². The quantitative estimate of drug-likeness (QED) is 0.858. The van der Waals surface area contributed by atoms with E-state index >= 15 is 0 Å². The van der Waals surface area contributed by atoms with Crippen LogP contribution in [0.3, 0.4) is 0 Å². The standard InChI is InChI=1S/C11H9F2N3O3/c12-10(13)19-7-3-1-6(2-4-7)16-8(14)5-9(17)15-11(16)18/h1-5,10H,14H2,(H,15,17,18). The number of H-pyrrole nitrogens is 1. The molecule has 0 fully saturated rings. The third kappa shape index (κ3) is 2.79. The van der Waals surface area contributed by atoms with E-state index in [-0.39, 0.29) is 11.6 Å². The second-order valence-corrected chi connectivity index (χ2v) is 3.57. The number of aromatic amines is 1. The van der Waals surface area contributed by atoms with Gasteiger partial charge in [0.25, 0.3) is 5.56 Å². The normalized spacial score (nSPS) is 10.7. The van der Waals surface area contributed by atoms with E-state index in [0.717, 1.165) is 10.6 Å². The Labute approximate surface area is 105 Å². The molecule has 0 bridgehead atoms. The summed E-state index contributed by atoms with van der Waals surface area (Å²) in [6.07, 6.45) is 0. The van der Waals surface area contributed by atoms with Crippen LogP contribution in [0.2, 0.25) is 0 Å². The van der Waals surface area contributed by atoms with E-state index in [4.69, 9.17) is 5.73 Å². The molecule has 0 unspecified atom stereocenters. The Bertz CT molecular complexity index is 692. The highest BCUT2D eigenvalue weighted by Crippen LogP contribution is 2.17. The molecule has 2 aromatic rings. The molecule has 6 nitrogen and oxygen atoms in total. The van der Waals surface area contributed by atoms with E-state index in [2.05, 4.69) is 4.74 Å². The second kappa shape index (κ2) is 4.92. The summed E-state index contributed by atoms with van der Waals surface area (Å²) in [5.41, 5.74) is 4.55. The molecule has 1 aromatic carbocycles. The summed E-state index contributed by atoms with van der Waals surface area (Å²) in [7, 11) is 0. The Hall–Kier alpha value is -2.64. The Morgan fingerprint density at radius 3 is 2.37 bits per heavy atom. The van der Waals surface area contributed by atoms with Gasteiger partial charge in [-0.15, -0.1) is 0 Å². The second-order valence-electron chi connectivity index (χ2n) is 3.57. The third-order valence-corrected chi connectivity index (χ3v) is 2.29. The monoisotopic (exact) mass is 269 g/mol. The highest BCUT2D eigenvalue weighted by atomic mass is 19.3. The van der Waals surface area contributed by atoms with Gasteiger partial charge in [-0.2, -0.15) is 8.78 Å². The number of rotatable bonds is 3. The lowest BCUT2D eigenvalue weighted by atomic mass is 10.3. The van der Waals surface area contributed by atoms with Crippen LogP contribution in [0.5, 0.6) is 5.75 Å². The van der Waals surface area contributed by atoms with Gasteiger partial charge in [-0.1, -0.05) is 0 Å². The van der Waals surface area contributed by atoms with Gasteiger partial charge in [0.1, 0.15) is 11.6 Å². The predicted molar refractivity (Wildman–Crippen MR) is 63.7 cm³/mol. The number of anilines is 1. The SMILES string of the molecule is Nc1cc(=O)[nH]c(=O)n1-c1ccc(OC(F)F)cc1. The van der Waals surface area contributed by atoms with Gasteiger partial charge < -0.3 is 10.5 Å². The maximum absolute atomic E-state index is 12.0. The molecule has 0 amide bonds. The van der Waals surface area contributed by atoms with Gasteiger partial charge in [-0.3, -0.25) is 9.78 Å². The zero-order chi connectivity index (χ0) is 14.0. The molecule has 0 aliphatic carbocycles. The van der Waals surface area contributed by atoms with Gasteiger partial charge >= 0.3 is 12.3 Å². The van der Waals surface area contributed by atoms with Crippen molar-refractivity contribution in [3.8, 4) is 11.4 Å². The van der Waals surface area contributed by atoms with E-state index < -0.39 is 17.9 Å². The number of benzene rings is 1. The van der Waals surface area contributed by atoms with Gasteiger partial charge in [0.15, 0.2) is 0 Å². The Kier molecular flexibility index (Phi) is 3.32. The fourth-order valence-corrected chi connectivity index (χ4v) is 1.56. The van der Waals surface area contributed by atoms with Crippen LogP contribution in [0, 0.1) is 0 Å². The molecule has 0 atom stereocenters. The molecule has 2 rings (SSSR count). The van der Waals surface area contributed by atoms with Crippen LogP contribution in [0.1, 0.15) is 0 Å². The van der Waals surface area contributed by atoms with E-state index in [1.54, 1.807) is 0 Å². The van der Waals surface area contributed by atoms with Crippen LogP contribution in [-0.2, 0) is 0 Å². The topological polar surface area (TPSA) is 90.1 Å². The molecular weight excluding hydrogens is 260 g/mol. The molecule has 0 saturated carbocycles. The number of halogens is 2. The summed E-state index contributed by atoms with van der Waals surface area (Å²) in [6.45, 7) is -2.92. The van der Waals surface area contributed by atoms with Gasteiger partial charge in [0, 0.05) is 6.07 Å².